The molecular formula is C24H25NO6S. The highest BCUT2D eigenvalue weighted by Crippen LogP contribution is 2.39. The number of benzene rings is 3. The van der Waals surface area contributed by atoms with E-state index in [0.29, 0.717) is 5.75 Å². The van der Waals surface area contributed by atoms with E-state index in [1.165, 1.54) is 45.6 Å². The largest absolute Gasteiger partial charge is 0.493 e. The molecule has 0 aliphatic heterocycles. The van der Waals surface area contributed by atoms with Crippen molar-refractivity contribution < 1.29 is 27.4 Å². The molecule has 3 rings (SSSR count). The molecule has 0 atom stereocenters. The third-order valence-electron chi connectivity index (χ3n) is 4.92. The standard InChI is InChI=1S/C24H25NO6S/c1-16-6-10-19(11-7-16)25(32(27,28)20-12-8-17(2)9-13-20)24(26)18-14-21(29-3)23(31-5)22(15-18)30-4/h6-15H,1-5H3. The van der Waals surface area contributed by atoms with Gasteiger partial charge in [-0.05, 0) is 50.2 Å². The minimum Gasteiger partial charge on any atom is -0.493 e. The summed E-state index contributed by atoms with van der Waals surface area (Å²) >= 11 is 0. The Labute approximate surface area is 188 Å². The Hall–Kier alpha value is -3.52. The summed E-state index contributed by atoms with van der Waals surface area (Å²) in [5.74, 6) is 0.0297. The summed E-state index contributed by atoms with van der Waals surface area (Å²) in [6, 6.07) is 15.9. The van der Waals surface area contributed by atoms with Gasteiger partial charge < -0.3 is 14.2 Å². The van der Waals surface area contributed by atoms with Gasteiger partial charge in [0.2, 0.25) is 5.75 Å². The predicted octanol–water partition coefficient (Wildman–Crippen LogP) is 4.36. The van der Waals surface area contributed by atoms with Gasteiger partial charge in [-0.15, -0.1) is 0 Å². The zero-order chi connectivity index (χ0) is 23.5. The van der Waals surface area contributed by atoms with Crippen molar-refractivity contribution in [2.75, 3.05) is 25.6 Å². The average molecular weight is 456 g/mol. The highest BCUT2D eigenvalue weighted by atomic mass is 32.2. The molecule has 0 heterocycles. The van der Waals surface area contributed by atoms with Crippen LogP contribution in [0.1, 0.15) is 21.5 Å². The second kappa shape index (κ2) is 9.32. The maximum absolute atomic E-state index is 13.6. The van der Waals surface area contributed by atoms with Gasteiger partial charge in [-0.25, -0.2) is 8.42 Å². The number of carbonyl (C=O) groups excluding carboxylic acids is 1. The molecule has 3 aromatic carbocycles. The highest BCUT2D eigenvalue weighted by molar-refractivity contribution is 7.93. The van der Waals surface area contributed by atoms with Crippen molar-refractivity contribution in [3.8, 4) is 17.2 Å². The molecular weight excluding hydrogens is 430 g/mol. The van der Waals surface area contributed by atoms with Gasteiger partial charge in [0.25, 0.3) is 15.9 Å². The van der Waals surface area contributed by atoms with Crippen molar-refractivity contribution in [3.05, 3.63) is 77.4 Å². The molecule has 0 saturated heterocycles. The maximum Gasteiger partial charge on any atom is 0.272 e. The molecule has 0 aromatic heterocycles. The summed E-state index contributed by atoms with van der Waals surface area (Å²) < 4.78 is 43.9. The quantitative estimate of drug-likeness (QED) is 0.526. The first-order chi connectivity index (χ1) is 15.2. The minimum absolute atomic E-state index is 0.00414. The van der Waals surface area contributed by atoms with Crippen molar-refractivity contribution in [1.29, 1.82) is 0 Å². The van der Waals surface area contributed by atoms with Crippen molar-refractivity contribution in [2.24, 2.45) is 0 Å². The van der Waals surface area contributed by atoms with Gasteiger partial charge in [-0.3, -0.25) is 4.79 Å². The first-order valence-corrected chi connectivity index (χ1v) is 11.2. The van der Waals surface area contributed by atoms with Gasteiger partial charge >= 0.3 is 0 Å². The fourth-order valence-electron chi connectivity index (χ4n) is 3.18. The van der Waals surface area contributed by atoms with Crippen LogP contribution in [0, 0.1) is 13.8 Å². The number of methoxy groups -OCH3 is 3. The lowest BCUT2D eigenvalue weighted by molar-refractivity contribution is 0.100. The number of nitrogens with zero attached hydrogens (tertiary/aromatic N) is 1. The lowest BCUT2D eigenvalue weighted by atomic mass is 10.1. The smallest absolute Gasteiger partial charge is 0.272 e. The second-order valence-electron chi connectivity index (χ2n) is 7.14. The molecule has 0 aliphatic rings. The molecule has 8 heteroatoms. The van der Waals surface area contributed by atoms with Crippen LogP contribution >= 0.6 is 0 Å². The molecule has 1 amide bonds. The number of hydrogen-bond donors (Lipinski definition) is 0. The number of hydrogen-bond acceptors (Lipinski definition) is 6. The Morgan fingerprint density at radius 3 is 1.66 bits per heavy atom. The van der Waals surface area contributed by atoms with Crippen molar-refractivity contribution in [3.63, 3.8) is 0 Å². The third-order valence-corrected chi connectivity index (χ3v) is 6.65. The molecule has 168 valence electrons. The average Bonchev–Trinajstić information content (AvgIpc) is 2.79. The maximum atomic E-state index is 13.6. The van der Waals surface area contributed by atoms with Crippen LogP contribution in [0.2, 0.25) is 0 Å². The van der Waals surface area contributed by atoms with Crippen molar-refractivity contribution >= 4 is 21.6 Å². The predicted molar refractivity (Wildman–Crippen MR) is 122 cm³/mol. The van der Waals surface area contributed by atoms with Crippen LogP contribution in [-0.2, 0) is 10.0 Å². The molecule has 0 spiro atoms. The Morgan fingerprint density at radius 1 is 0.750 bits per heavy atom. The monoisotopic (exact) mass is 455 g/mol. The summed E-state index contributed by atoms with van der Waals surface area (Å²) in [6.07, 6.45) is 0. The number of aryl methyl sites for hydroxylation is 2. The van der Waals surface area contributed by atoms with E-state index in [1.807, 2.05) is 13.8 Å². The Balaban J connectivity index is 2.21. The first-order valence-electron chi connectivity index (χ1n) is 9.76. The first kappa shape index (κ1) is 23.1. The number of ether oxygens (including phenoxy) is 3. The molecule has 3 aromatic rings. The number of sulfonamides is 1. The summed E-state index contributed by atoms with van der Waals surface area (Å²) in [5, 5.41) is 0. The van der Waals surface area contributed by atoms with E-state index in [0.717, 1.165) is 15.4 Å². The highest BCUT2D eigenvalue weighted by Gasteiger charge is 2.33. The topological polar surface area (TPSA) is 82.1 Å². The van der Waals surface area contributed by atoms with E-state index in [2.05, 4.69) is 0 Å². The van der Waals surface area contributed by atoms with Crippen LogP contribution in [0.25, 0.3) is 0 Å². The minimum atomic E-state index is -4.22. The van der Waals surface area contributed by atoms with Gasteiger partial charge in [-0.1, -0.05) is 35.4 Å². The van der Waals surface area contributed by atoms with E-state index >= 15 is 0 Å². The summed E-state index contributed by atoms with van der Waals surface area (Å²) in [7, 11) is 0.0776. The number of amides is 1. The molecule has 0 saturated carbocycles. The number of rotatable bonds is 7. The second-order valence-corrected chi connectivity index (χ2v) is 8.92. The van der Waals surface area contributed by atoms with E-state index in [9.17, 15) is 13.2 Å². The summed E-state index contributed by atoms with van der Waals surface area (Å²) in [4.78, 5) is 13.7. The number of anilines is 1. The van der Waals surface area contributed by atoms with Crippen LogP contribution in [-0.4, -0.2) is 35.7 Å². The molecule has 0 fully saturated rings. The fourth-order valence-corrected chi connectivity index (χ4v) is 4.60. The van der Waals surface area contributed by atoms with E-state index in [-0.39, 0.29) is 27.6 Å². The molecule has 7 nitrogen and oxygen atoms in total. The lowest BCUT2D eigenvalue weighted by Crippen LogP contribution is -2.37. The van der Waals surface area contributed by atoms with Crippen molar-refractivity contribution in [1.82, 2.24) is 0 Å². The van der Waals surface area contributed by atoms with Gasteiger partial charge in [0.15, 0.2) is 11.5 Å². The molecule has 32 heavy (non-hydrogen) atoms. The molecule has 0 radical (unpaired) electrons. The molecule has 0 unspecified atom stereocenters. The summed E-state index contributed by atoms with van der Waals surface area (Å²) in [6.45, 7) is 3.73. The van der Waals surface area contributed by atoms with Gasteiger partial charge in [0.1, 0.15) is 0 Å². The lowest BCUT2D eigenvalue weighted by Gasteiger charge is -2.24. The number of carbonyl (C=O) groups is 1. The molecule has 0 bridgehead atoms. The van der Waals surface area contributed by atoms with Gasteiger partial charge in [-0.2, -0.15) is 4.31 Å². The van der Waals surface area contributed by atoms with Crippen LogP contribution < -0.4 is 18.5 Å². The zero-order valence-electron chi connectivity index (χ0n) is 18.6. The zero-order valence-corrected chi connectivity index (χ0v) is 19.4. The fraction of sp³-hybridized carbons (Fsp3) is 0.208. The molecule has 0 aliphatic carbocycles. The Morgan fingerprint density at radius 2 is 1.22 bits per heavy atom. The van der Waals surface area contributed by atoms with Crippen LogP contribution in [0.3, 0.4) is 0 Å². The normalized spacial score (nSPS) is 11.0. The Bertz CT molecular complexity index is 1190. The van der Waals surface area contributed by atoms with Gasteiger partial charge in [0.05, 0.1) is 31.9 Å². The van der Waals surface area contributed by atoms with Crippen LogP contribution in [0.15, 0.2) is 65.6 Å². The third kappa shape index (κ3) is 4.40. The SMILES string of the molecule is COc1cc(C(=O)N(c2ccc(C)cc2)S(=O)(=O)c2ccc(C)cc2)cc(OC)c1OC. The van der Waals surface area contributed by atoms with Crippen LogP contribution in [0.5, 0.6) is 17.2 Å². The Kier molecular flexibility index (Phi) is 6.74. The van der Waals surface area contributed by atoms with Crippen LogP contribution in [0.4, 0.5) is 5.69 Å². The van der Waals surface area contributed by atoms with Gasteiger partial charge in [0, 0.05) is 5.56 Å². The van der Waals surface area contributed by atoms with E-state index in [1.54, 1.807) is 36.4 Å². The van der Waals surface area contributed by atoms with Crippen molar-refractivity contribution in [2.45, 2.75) is 18.7 Å². The molecule has 0 N–H and O–H groups in total. The summed E-state index contributed by atoms with van der Waals surface area (Å²) in [5.41, 5.74) is 2.12. The van der Waals surface area contributed by atoms with E-state index < -0.39 is 15.9 Å². The van der Waals surface area contributed by atoms with E-state index in [4.69, 9.17) is 14.2 Å².